The van der Waals surface area contributed by atoms with Crippen molar-refractivity contribution in [1.82, 2.24) is 9.80 Å². The summed E-state index contributed by atoms with van der Waals surface area (Å²) in [4.78, 5) is 30.7. The summed E-state index contributed by atoms with van der Waals surface area (Å²) in [5.41, 5.74) is 2.15. The zero-order valence-electron chi connectivity index (χ0n) is 16.2. The first-order chi connectivity index (χ1) is 12.4. The van der Waals surface area contributed by atoms with Crippen molar-refractivity contribution in [3.8, 4) is 0 Å². The number of carbonyl (C=O) groups excluding carboxylic acids is 2. The van der Waals surface area contributed by atoms with Crippen LogP contribution in [0.1, 0.15) is 59.8 Å². The van der Waals surface area contributed by atoms with Crippen LogP contribution < -0.4 is 0 Å². The predicted molar refractivity (Wildman–Crippen MR) is 104 cm³/mol. The van der Waals surface area contributed by atoms with Crippen LogP contribution in [-0.4, -0.2) is 47.8 Å². The Morgan fingerprint density at radius 2 is 1.92 bits per heavy atom. The fourth-order valence-corrected chi connectivity index (χ4v) is 5.95. The number of amides is 2. The van der Waals surface area contributed by atoms with Gasteiger partial charge in [0.15, 0.2) is 0 Å². The molecule has 2 amide bonds. The number of hydrogen-bond acceptors (Lipinski definition) is 3. The first kappa shape index (κ1) is 18.0. The minimum Gasteiger partial charge on any atom is -0.341 e. The summed E-state index contributed by atoms with van der Waals surface area (Å²) in [6, 6.07) is 0. The minimum atomic E-state index is 0.160. The average molecular weight is 375 g/mol. The fourth-order valence-electron chi connectivity index (χ4n) is 5.09. The van der Waals surface area contributed by atoms with Crippen LogP contribution in [0.2, 0.25) is 0 Å². The molecule has 2 unspecified atom stereocenters. The SMILES string of the molecule is Cc1scc(C(=O)N2CCC3(CN(C(=O)CC4CCC(C)C4)C3)C2)c1C. The van der Waals surface area contributed by atoms with Crippen LogP contribution in [0.25, 0.3) is 0 Å². The Labute approximate surface area is 160 Å². The highest BCUT2D eigenvalue weighted by molar-refractivity contribution is 7.10. The second kappa shape index (κ2) is 6.66. The number of likely N-dealkylation sites (tertiary alicyclic amines) is 2. The normalized spacial score (nSPS) is 27.2. The number of aryl methyl sites for hydroxylation is 1. The Morgan fingerprint density at radius 1 is 1.19 bits per heavy atom. The third-order valence-electron chi connectivity index (χ3n) is 6.91. The van der Waals surface area contributed by atoms with Crippen LogP contribution in [0.5, 0.6) is 0 Å². The molecule has 4 nitrogen and oxygen atoms in total. The molecule has 3 aliphatic rings. The molecule has 2 atom stereocenters. The molecule has 5 heteroatoms. The summed E-state index contributed by atoms with van der Waals surface area (Å²) >= 11 is 1.66. The Kier molecular flexibility index (Phi) is 4.62. The largest absolute Gasteiger partial charge is 0.341 e. The van der Waals surface area contributed by atoms with Crippen molar-refractivity contribution >= 4 is 23.2 Å². The van der Waals surface area contributed by atoms with Gasteiger partial charge in [-0.1, -0.05) is 13.3 Å². The lowest BCUT2D eigenvalue weighted by Gasteiger charge is -2.48. The molecular weight excluding hydrogens is 344 g/mol. The standard InChI is InChI=1S/C21H30N2O2S/c1-14-4-5-17(8-14)9-19(24)23-12-21(13-23)6-7-22(11-21)20(25)18-10-26-16(3)15(18)2/h10,14,17H,4-9,11-13H2,1-3H3. The molecule has 0 bridgehead atoms. The highest BCUT2D eigenvalue weighted by atomic mass is 32.1. The van der Waals surface area contributed by atoms with Gasteiger partial charge in [0.2, 0.25) is 5.91 Å². The highest BCUT2D eigenvalue weighted by Gasteiger charge is 2.50. The Morgan fingerprint density at radius 3 is 2.54 bits per heavy atom. The Balaban J connectivity index is 1.30. The van der Waals surface area contributed by atoms with Crippen molar-refractivity contribution < 1.29 is 9.59 Å². The average Bonchev–Trinajstić information content (AvgIpc) is 3.26. The van der Waals surface area contributed by atoms with Crippen molar-refractivity contribution in [2.45, 2.75) is 52.9 Å². The van der Waals surface area contributed by atoms with Crippen molar-refractivity contribution in [3.05, 3.63) is 21.4 Å². The summed E-state index contributed by atoms with van der Waals surface area (Å²) in [5, 5.41) is 2.00. The quantitative estimate of drug-likeness (QED) is 0.806. The van der Waals surface area contributed by atoms with Gasteiger partial charge in [0.05, 0.1) is 5.56 Å². The minimum absolute atomic E-state index is 0.160. The van der Waals surface area contributed by atoms with Crippen LogP contribution in [0.4, 0.5) is 0 Å². The van der Waals surface area contributed by atoms with Crippen molar-refractivity contribution in [2.24, 2.45) is 17.3 Å². The summed E-state index contributed by atoms with van der Waals surface area (Å²) in [6.07, 6.45) is 5.47. The number of hydrogen-bond donors (Lipinski definition) is 0. The Bertz CT molecular complexity index is 720. The van der Waals surface area contributed by atoms with E-state index >= 15 is 0 Å². The van der Waals surface area contributed by atoms with Crippen LogP contribution in [0.15, 0.2) is 5.38 Å². The van der Waals surface area contributed by atoms with E-state index in [1.54, 1.807) is 11.3 Å². The molecular formula is C21H30N2O2S. The van der Waals surface area contributed by atoms with Crippen LogP contribution >= 0.6 is 11.3 Å². The molecule has 1 saturated carbocycles. The van der Waals surface area contributed by atoms with Gasteiger partial charge in [-0.05, 0) is 50.5 Å². The van der Waals surface area contributed by atoms with Gasteiger partial charge in [-0.2, -0.15) is 0 Å². The molecule has 1 spiro atoms. The molecule has 0 N–H and O–H groups in total. The Hall–Kier alpha value is -1.36. The third kappa shape index (κ3) is 3.19. The van der Waals surface area contributed by atoms with E-state index < -0.39 is 0 Å². The molecule has 3 heterocycles. The van der Waals surface area contributed by atoms with Gasteiger partial charge in [0, 0.05) is 48.3 Å². The van der Waals surface area contributed by atoms with Gasteiger partial charge in [-0.25, -0.2) is 0 Å². The van der Waals surface area contributed by atoms with Gasteiger partial charge in [0.25, 0.3) is 5.91 Å². The molecule has 1 aromatic heterocycles. The highest BCUT2D eigenvalue weighted by Crippen LogP contribution is 2.41. The van der Waals surface area contributed by atoms with E-state index in [1.807, 2.05) is 22.1 Å². The second-order valence-corrected chi connectivity index (χ2v) is 10.1. The molecule has 142 valence electrons. The maximum absolute atomic E-state index is 12.8. The van der Waals surface area contributed by atoms with Crippen molar-refractivity contribution in [2.75, 3.05) is 26.2 Å². The molecule has 1 aliphatic carbocycles. The molecule has 2 aliphatic heterocycles. The summed E-state index contributed by atoms with van der Waals surface area (Å²) in [7, 11) is 0. The number of thiophene rings is 1. The first-order valence-electron chi connectivity index (χ1n) is 9.99. The number of nitrogens with zero attached hydrogens (tertiary/aromatic N) is 2. The maximum Gasteiger partial charge on any atom is 0.254 e. The van der Waals surface area contributed by atoms with Crippen LogP contribution in [0, 0.1) is 31.1 Å². The van der Waals surface area contributed by atoms with E-state index in [-0.39, 0.29) is 11.3 Å². The maximum atomic E-state index is 12.8. The monoisotopic (exact) mass is 374 g/mol. The van der Waals surface area contributed by atoms with Crippen LogP contribution in [0.3, 0.4) is 0 Å². The topological polar surface area (TPSA) is 40.6 Å². The lowest BCUT2D eigenvalue weighted by atomic mass is 9.78. The lowest BCUT2D eigenvalue weighted by molar-refractivity contribution is -0.143. The summed E-state index contributed by atoms with van der Waals surface area (Å²) in [5.74, 6) is 1.90. The lowest BCUT2D eigenvalue weighted by Crippen LogP contribution is -2.59. The molecule has 2 saturated heterocycles. The van der Waals surface area contributed by atoms with E-state index in [0.29, 0.717) is 11.8 Å². The molecule has 3 fully saturated rings. The van der Waals surface area contributed by atoms with Gasteiger partial charge in [-0.15, -0.1) is 11.3 Å². The van der Waals surface area contributed by atoms with E-state index in [0.717, 1.165) is 56.1 Å². The van der Waals surface area contributed by atoms with Gasteiger partial charge in [0.1, 0.15) is 0 Å². The van der Waals surface area contributed by atoms with Crippen LogP contribution in [-0.2, 0) is 4.79 Å². The molecule has 0 aromatic carbocycles. The molecule has 0 radical (unpaired) electrons. The van der Waals surface area contributed by atoms with Crippen molar-refractivity contribution in [3.63, 3.8) is 0 Å². The van der Waals surface area contributed by atoms with Gasteiger partial charge < -0.3 is 9.80 Å². The van der Waals surface area contributed by atoms with Crippen molar-refractivity contribution in [1.29, 1.82) is 0 Å². The zero-order valence-corrected chi connectivity index (χ0v) is 17.0. The zero-order chi connectivity index (χ0) is 18.5. The number of rotatable bonds is 3. The van der Waals surface area contributed by atoms with E-state index in [9.17, 15) is 9.59 Å². The van der Waals surface area contributed by atoms with E-state index in [4.69, 9.17) is 0 Å². The predicted octanol–water partition coefficient (Wildman–Crippen LogP) is 3.87. The van der Waals surface area contributed by atoms with E-state index in [2.05, 4.69) is 13.8 Å². The van der Waals surface area contributed by atoms with Gasteiger partial charge in [-0.3, -0.25) is 9.59 Å². The fraction of sp³-hybridized carbons (Fsp3) is 0.714. The molecule has 26 heavy (non-hydrogen) atoms. The first-order valence-corrected chi connectivity index (χ1v) is 10.9. The van der Waals surface area contributed by atoms with Gasteiger partial charge >= 0.3 is 0 Å². The third-order valence-corrected chi connectivity index (χ3v) is 7.93. The molecule has 4 rings (SSSR count). The number of carbonyl (C=O) groups is 2. The summed E-state index contributed by atoms with van der Waals surface area (Å²) < 4.78 is 0. The smallest absolute Gasteiger partial charge is 0.254 e. The summed E-state index contributed by atoms with van der Waals surface area (Å²) in [6.45, 7) is 9.74. The molecule has 1 aromatic rings. The second-order valence-electron chi connectivity index (χ2n) is 9.05. The van der Waals surface area contributed by atoms with E-state index in [1.165, 1.54) is 24.1 Å².